The van der Waals surface area contributed by atoms with Crippen LogP contribution in [0.2, 0.25) is 0 Å². The fraction of sp³-hybridized carbons (Fsp3) is 0.529. The Labute approximate surface area is 146 Å². The second-order valence-electron chi connectivity index (χ2n) is 6.48. The highest BCUT2D eigenvalue weighted by Gasteiger charge is 2.24. The molecule has 1 aliphatic rings. The summed E-state index contributed by atoms with van der Waals surface area (Å²) in [6.07, 6.45) is 4.17. The van der Waals surface area contributed by atoms with Crippen LogP contribution < -0.4 is 11.2 Å². The molecule has 0 bridgehead atoms. The highest BCUT2D eigenvalue weighted by Crippen LogP contribution is 2.08. The first-order chi connectivity index (χ1) is 11.7. The highest BCUT2D eigenvalue weighted by molar-refractivity contribution is 5.92. The zero-order chi connectivity index (χ0) is 18.7. The summed E-state index contributed by atoms with van der Waals surface area (Å²) in [5.74, 6) is -0.174. The van der Waals surface area contributed by atoms with Gasteiger partial charge in [0, 0.05) is 58.5 Å². The van der Waals surface area contributed by atoms with Gasteiger partial charge in [0.2, 0.25) is 11.8 Å². The van der Waals surface area contributed by atoms with Crippen molar-refractivity contribution < 1.29 is 9.59 Å². The minimum atomic E-state index is -0.445. The van der Waals surface area contributed by atoms with Crippen LogP contribution in [0.1, 0.15) is 19.4 Å². The largest absolute Gasteiger partial charge is 0.339 e. The van der Waals surface area contributed by atoms with Crippen LogP contribution in [0, 0.1) is 5.92 Å². The molecule has 0 aromatic carbocycles. The quantitative estimate of drug-likeness (QED) is 0.685. The van der Waals surface area contributed by atoms with Crippen molar-refractivity contribution in [3.63, 3.8) is 0 Å². The Hall–Kier alpha value is -2.64. The van der Waals surface area contributed by atoms with E-state index in [9.17, 15) is 19.2 Å². The maximum Gasteiger partial charge on any atom is 0.330 e. The topological polar surface area (TPSA) is 84.6 Å². The van der Waals surface area contributed by atoms with Crippen LogP contribution in [-0.2, 0) is 23.7 Å². The van der Waals surface area contributed by atoms with Gasteiger partial charge in [0.1, 0.15) is 0 Å². The van der Waals surface area contributed by atoms with Gasteiger partial charge >= 0.3 is 5.69 Å². The van der Waals surface area contributed by atoms with Crippen LogP contribution in [0.25, 0.3) is 6.08 Å². The van der Waals surface area contributed by atoms with E-state index >= 15 is 0 Å². The zero-order valence-electron chi connectivity index (χ0n) is 15.1. The lowest BCUT2D eigenvalue weighted by Crippen LogP contribution is -2.51. The van der Waals surface area contributed by atoms with Crippen molar-refractivity contribution in [3.05, 3.63) is 38.7 Å². The molecule has 1 aliphatic heterocycles. The third-order valence-corrected chi connectivity index (χ3v) is 4.28. The predicted octanol–water partition coefficient (Wildman–Crippen LogP) is -0.576. The summed E-state index contributed by atoms with van der Waals surface area (Å²) in [4.78, 5) is 51.4. The van der Waals surface area contributed by atoms with Gasteiger partial charge in [-0.15, -0.1) is 0 Å². The van der Waals surface area contributed by atoms with Gasteiger partial charge < -0.3 is 14.4 Å². The van der Waals surface area contributed by atoms with Gasteiger partial charge in [-0.05, 0) is 6.08 Å². The van der Waals surface area contributed by atoms with E-state index in [0.29, 0.717) is 26.2 Å². The molecule has 0 spiro atoms. The summed E-state index contributed by atoms with van der Waals surface area (Å²) in [7, 11) is 2.95. The van der Waals surface area contributed by atoms with Crippen molar-refractivity contribution >= 4 is 17.9 Å². The van der Waals surface area contributed by atoms with Gasteiger partial charge in [0.25, 0.3) is 5.56 Å². The second kappa shape index (κ2) is 7.50. The number of aromatic nitrogens is 2. The number of hydrogen-bond donors (Lipinski definition) is 0. The van der Waals surface area contributed by atoms with Gasteiger partial charge in [-0.25, -0.2) is 4.79 Å². The van der Waals surface area contributed by atoms with E-state index in [1.54, 1.807) is 16.8 Å². The smallest absolute Gasteiger partial charge is 0.330 e. The maximum absolute atomic E-state index is 12.3. The maximum atomic E-state index is 12.3. The first kappa shape index (κ1) is 18.7. The van der Waals surface area contributed by atoms with Crippen molar-refractivity contribution in [2.45, 2.75) is 13.8 Å². The Morgan fingerprint density at radius 3 is 2.16 bits per heavy atom. The molecule has 2 amide bonds. The number of carbonyl (C=O) groups excluding carboxylic acids is 2. The molecule has 0 saturated carbocycles. The number of aryl methyl sites for hydroxylation is 1. The zero-order valence-corrected chi connectivity index (χ0v) is 15.1. The molecule has 1 saturated heterocycles. The van der Waals surface area contributed by atoms with E-state index in [-0.39, 0.29) is 23.3 Å². The summed E-state index contributed by atoms with van der Waals surface area (Å²) in [5, 5.41) is 0. The number of hydrogen-bond acceptors (Lipinski definition) is 4. The van der Waals surface area contributed by atoms with E-state index in [0.717, 1.165) is 4.57 Å². The van der Waals surface area contributed by atoms with Crippen LogP contribution in [0.3, 0.4) is 0 Å². The third-order valence-electron chi connectivity index (χ3n) is 4.28. The van der Waals surface area contributed by atoms with Gasteiger partial charge in [-0.1, -0.05) is 13.8 Å². The molecule has 0 N–H and O–H groups in total. The molecular formula is C17H24N4O4. The minimum Gasteiger partial charge on any atom is -0.339 e. The van der Waals surface area contributed by atoms with Crippen LogP contribution in [0.5, 0.6) is 0 Å². The van der Waals surface area contributed by atoms with E-state index in [2.05, 4.69) is 0 Å². The fourth-order valence-corrected chi connectivity index (χ4v) is 2.73. The summed E-state index contributed by atoms with van der Waals surface area (Å²) in [5.41, 5.74) is -0.592. The number of piperazine rings is 1. The molecule has 8 heteroatoms. The van der Waals surface area contributed by atoms with Crippen LogP contribution in [0.4, 0.5) is 0 Å². The number of rotatable bonds is 3. The van der Waals surface area contributed by atoms with Gasteiger partial charge in [0.15, 0.2) is 0 Å². The van der Waals surface area contributed by atoms with Gasteiger partial charge in [-0.3, -0.25) is 19.0 Å². The summed E-state index contributed by atoms with van der Waals surface area (Å²) in [6.45, 7) is 5.67. The van der Waals surface area contributed by atoms with E-state index in [4.69, 9.17) is 0 Å². The lowest BCUT2D eigenvalue weighted by Gasteiger charge is -2.35. The number of nitrogens with zero attached hydrogens (tertiary/aromatic N) is 4. The van der Waals surface area contributed by atoms with Gasteiger partial charge in [0.05, 0.1) is 5.56 Å². The van der Waals surface area contributed by atoms with Crippen molar-refractivity contribution in [2.24, 2.45) is 20.0 Å². The Balaban J connectivity index is 2.04. The first-order valence-electron chi connectivity index (χ1n) is 8.24. The summed E-state index contributed by atoms with van der Waals surface area (Å²) >= 11 is 0. The van der Waals surface area contributed by atoms with Crippen molar-refractivity contribution in [3.8, 4) is 0 Å². The predicted molar refractivity (Wildman–Crippen MR) is 94.0 cm³/mol. The fourth-order valence-electron chi connectivity index (χ4n) is 2.73. The average molecular weight is 348 g/mol. The van der Waals surface area contributed by atoms with Crippen LogP contribution in [0.15, 0.2) is 21.9 Å². The third kappa shape index (κ3) is 4.07. The lowest BCUT2D eigenvalue weighted by molar-refractivity contribution is -0.139. The highest BCUT2D eigenvalue weighted by atomic mass is 16.2. The molecule has 0 aliphatic carbocycles. The minimum absolute atomic E-state index is 0.0527. The van der Waals surface area contributed by atoms with Crippen LogP contribution in [-0.4, -0.2) is 56.9 Å². The van der Waals surface area contributed by atoms with E-state index < -0.39 is 11.2 Å². The lowest BCUT2D eigenvalue weighted by atomic mass is 10.1. The average Bonchev–Trinajstić information content (AvgIpc) is 2.61. The molecule has 1 aromatic heterocycles. The molecule has 2 heterocycles. The SMILES string of the molecule is CC(C)C(=O)N1CCN(C(=O)/C=C/c2cn(C)c(=O)n(C)c2=O)CC1. The molecule has 25 heavy (non-hydrogen) atoms. The molecule has 0 unspecified atom stereocenters. The molecule has 0 atom stereocenters. The standard InChI is InChI=1S/C17H24N4O4/c1-12(2)15(23)21-9-7-20(8-10-21)14(22)6-5-13-11-18(3)17(25)19(4)16(13)24/h5-6,11-12H,7-10H2,1-4H3/b6-5+. The molecule has 1 fully saturated rings. The Morgan fingerprint density at radius 2 is 1.60 bits per heavy atom. The van der Waals surface area contributed by atoms with E-state index in [1.807, 2.05) is 13.8 Å². The van der Waals surface area contributed by atoms with Crippen molar-refractivity contribution in [1.29, 1.82) is 0 Å². The molecule has 1 aromatic rings. The molecule has 0 radical (unpaired) electrons. The molecular weight excluding hydrogens is 324 g/mol. The van der Waals surface area contributed by atoms with Crippen molar-refractivity contribution in [2.75, 3.05) is 26.2 Å². The molecule has 136 valence electrons. The number of carbonyl (C=O) groups is 2. The Morgan fingerprint density at radius 1 is 1.04 bits per heavy atom. The Kier molecular flexibility index (Phi) is 5.61. The van der Waals surface area contributed by atoms with E-state index in [1.165, 1.54) is 30.0 Å². The van der Waals surface area contributed by atoms with Crippen LogP contribution >= 0.6 is 0 Å². The molecule has 8 nitrogen and oxygen atoms in total. The second-order valence-corrected chi connectivity index (χ2v) is 6.48. The summed E-state index contributed by atoms with van der Waals surface area (Å²) in [6, 6.07) is 0. The normalized spacial score (nSPS) is 15.2. The first-order valence-corrected chi connectivity index (χ1v) is 8.24. The number of amides is 2. The van der Waals surface area contributed by atoms with Gasteiger partial charge in [-0.2, -0.15) is 0 Å². The van der Waals surface area contributed by atoms with Crippen molar-refractivity contribution in [1.82, 2.24) is 18.9 Å². The monoisotopic (exact) mass is 348 g/mol. The molecule has 2 rings (SSSR count). The summed E-state index contributed by atoms with van der Waals surface area (Å²) < 4.78 is 2.29. The Bertz CT molecular complexity index is 811.